The largest absolute Gasteiger partial charge is 0.490 e. The Morgan fingerprint density at radius 2 is 1.85 bits per heavy atom. The molecule has 3 nitrogen and oxygen atoms in total. The molecule has 1 unspecified atom stereocenters. The van der Waals surface area contributed by atoms with Crippen LogP contribution in [0.5, 0.6) is 11.5 Å². The summed E-state index contributed by atoms with van der Waals surface area (Å²) < 4.78 is 12.2. The predicted molar refractivity (Wildman–Crippen MR) is 86.8 cm³/mol. The summed E-state index contributed by atoms with van der Waals surface area (Å²) in [7, 11) is 0. The number of thiophene rings is 1. The molecule has 20 heavy (non-hydrogen) atoms. The molecule has 0 amide bonds. The third-order valence-corrected chi connectivity index (χ3v) is 4.49. The molecule has 2 rings (SSSR count). The molecule has 1 aromatic carbocycles. The molecule has 2 aromatic rings. The monoisotopic (exact) mass is 355 g/mol. The molecule has 1 heterocycles. The normalized spacial score (nSPS) is 12.2. The zero-order valence-corrected chi connectivity index (χ0v) is 14.0. The van der Waals surface area contributed by atoms with Crippen LogP contribution in [-0.2, 0) is 0 Å². The van der Waals surface area contributed by atoms with Crippen LogP contribution in [-0.4, -0.2) is 13.2 Å². The van der Waals surface area contributed by atoms with Gasteiger partial charge in [-0.25, -0.2) is 0 Å². The number of hydrogen-bond donors (Lipinski definition) is 1. The van der Waals surface area contributed by atoms with Crippen molar-refractivity contribution in [1.29, 1.82) is 0 Å². The van der Waals surface area contributed by atoms with Crippen LogP contribution in [0.3, 0.4) is 0 Å². The third-order valence-electron chi connectivity index (χ3n) is 2.85. The van der Waals surface area contributed by atoms with Gasteiger partial charge in [-0.15, -0.1) is 11.3 Å². The molecule has 0 fully saturated rings. The second-order valence-electron chi connectivity index (χ2n) is 4.18. The second-order valence-corrected chi connectivity index (χ2v) is 6.01. The fraction of sp³-hybridized carbons (Fsp3) is 0.333. The summed E-state index contributed by atoms with van der Waals surface area (Å²) in [4.78, 5) is 1.12. The summed E-state index contributed by atoms with van der Waals surface area (Å²) in [5.74, 6) is 1.47. The van der Waals surface area contributed by atoms with Crippen molar-refractivity contribution in [2.45, 2.75) is 19.9 Å². The summed E-state index contributed by atoms with van der Waals surface area (Å²) in [6.07, 6.45) is 0. The Morgan fingerprint density at radius 1 is 1.20 bits per heavy atom. The lowest BCUT2D eigenvalue weighted by atomic mass is 10.1. The average molecular weight is 356 g/mol. The van der Waals surface area contributed by atoms with E-state index in [0.29, 0.717) is 13.2 Å². The number of hydrogen-bond acceptors (Lipinski definition) is 4. The average Bonchev–Trinajstić information content (AvgIpc) is 2.95. The van der Waals surface area contributed by atoms with E-state index in [9.17, 15) is 0 Å². The molecule has 1 aromatic heterocycles. The first-order chi connectivity index (χ1) is 9.67. The minimum absolute atomic E-state index is 0.167. The van der Waals surface area contributed by atoms with Crippen LogP contribution in [0.1, 0.15) is 30.3 Å². The van der Waals surface area contributed by atoms with E-state index >= 15 is 0 Å². The van der Waals surface area contributed by atoms with E-state index in [1.54, 1.807) is 11.3 Å². The Labute approximate surface area is 131 Å². The highest BCUT2D eigenvalue weighted by Crippen LogP contribution is 2.38. The number of nitrogens with two attached hydrogens (primary N) is 1. The lowest BCUT2D eigenvalue weighted by Gasteiger charge is -2.17. The predicted octanol–water partition coefficient (Wildman–Crippen LogP) is 4.36. The quantitative estimate of drug-likeness (QED) is 0.837. The molecule has 5 heteroatoms. The summed E-state index contributed by atoms with van der Waals surface area (Å²) >= 11 is 5.23. The number of ether oxygens (including phenoxy) is 2. The second kappa shape index (κ2) is 7.11. The molecule has 0 saturated heterocycles. The summed E-state index contributed by atoms with van der Waals surface area (Å²) in [5, 5.41) is 2.03. The van der Waals surface area contributed by atoms with E-state index in [2.05, 4.69) is 15.9 Å². The van der Waals surface area contributed by atoms with Crippen molar-refractivity contribution in [3.8, 4) is 11.5 Å². The van der Waals surface area contributed by atoms with Crippen LogP contribution >= 0.6 is 27.3 Å². The fourth-order valence-corrected chi connectivity index (χ4v) is 3.26. The van der Waals surface area contributed by atoms with Crippen molar-refractivity contribution < 1.29 is 9.47 Å². The topological polar surface area (TPSA) is 44.5 Å². The van der Waals surface area contributed by atoms with Gasteiger partial charge in [-0.3, -0.25) is 0 Å². The van der Waals surface area contributed by atoms with E-state index in [1.807, 2.05) is 43.5 Å². The Bertz CT molecular complexity index is 557. The molecule has 1 atom stereocenters. The van der Waals surface area contributed by atoms with E-state index in [0.717, 1.165) is 26.4 Å². The van der Waals surface area contributed by atoms with Gasteiger partial charge in [0.05, 0.1) is 19.3 Å². The van der Waals surface area contributed by atoms with Gasteiger partial charge in [-0.1, -0.05) is 22.0 Å². The van der Waals surface area contributed by atoms with Crippen LogP contribution in [0.15, 0.2) is 34.1 Å². The van der Waals surface area contributed by atoms with E-state index < -0.39 is 0 Å². The van der Waals surface area contributed by atoms with Crippen LogP contribution in [0.4, 0.5) is 0 Å². The highest BCUT2D eigenvalue weighted by Gasteiger charge is 2.17. The minimum Gasteiger partial charge on any atom is -0.490 e. The molecular weight excluding hydrogens is 338 g/mol. The van der Waals surface area contributed by atoms with Gasteiger partial charge >= 0.3 is 0 Å². The van der Waals surface area contributed by atoms with Gasteiger partial charge in [0.1, 0.15) is 0 Å². The van der Waals surface area contributed by atoms with Crippen molar-refractivity contribution in [2.75, 3.05) is 13.2 Å². The first kappa shape index (κ1) is 15.4. The van der Waals surface area contributed by atoms with Crippen molar-refractivity contribution >= 4 is 27.3 Å². The maximum atomic E-state index is 6.33. The van der Waals surface area contributed by atoms with E-state index in [1.165, 1.54) is 0 Å². The number of halogens is 1. The minimum atomic E-state index is -0.167. The highest BCUT2D eigenvalue weighted by molar-refractivity contribution is 9.10. The summed E-state index contributed by atoms with van der Waals surface area (Å²) in [5.41, 5.74) is 7.33. The Hall–Kier alpha value is -1.04. The van der Waals surface area contributed by atoms with Crippen molar-refractivity contribution in [3.63, 3.8) is 0 Å². The smallest absolute Gasteiger partial charge is 0.162 e. The van der Waals surface area contributed by atoms with Gasteiger partial charge in [0, 0.05) is 9.35 Å². The summed E-state index contributed by atoms with van der Waals surface area (Å²) in [6, 6.07) is 7.77. The van der Waals surface area contributed by atoms with Crippen molar-refractivity contribution in [1.82, 2.24) is 0 Å². The SMILES string of the molecule is CCOc1cc(Br)c(C(N)c2cccs2)cc1OCC. The Morgan fingerprint density at radius 3 is 2.40 bits per heavy atom. The van der Waals surface area contributed by atoms with Gasteiger partial charge < -0.3 is 15.2 Å². The van der Waals surface area contributed by atoms with Gasteiger partial charge in [-0.2, -0.15) is 0 Å². The molecule has 0 bridgehead atoms. The van der Waals surface area contributed by atoms with Crippen molar-refractivity contribution in [3.05, 3.63) is 44.6 Å². The maximum Gasteiger partial charge on any atom is 0.162 e. The van der Waals surface area contributed by atoms with Gasteiger partial charge in [0.2, 0.25) is 0 Å². The molecule has 0 aliphatic rings. The zero-order chi connectivity index (χ0) is 14.5. The first-order valence-corrected chi connectivity index (χ1v) is 8.22. The third kappa shape index (κ3) is 3.34. The van der Waals surface area contributed by atoms with Gasteiger partial charge in [-0.05, 0) is 43.0 Å². The van der Waals surface area contributed by atoms with Crippen molar-refractivity contribution in [2.24, 2.45) is 5.73 Å². The highest BCUT2D eigenvalue weighted by atomic mass is 79.9. The van der Waals surface area contributed by atoms with Crippen LogP contribution in [0, 0.1) is 0 Å². The molecule has 108 valence electrons. The molecule has 0 saturated carbocycles. The lowest BCUT2D eigenvalue weighted by Crippen LogP contribution is -2.11. The van der Waals surface area contributed by atoms with Gasteiger partial charge in [0.25, 0.3) is 0 Å². The summed E-state index contributed by atoms with van der Waals surface area (Å²) in [6.45, 7) is 5.10. The zero-order valence-electron chi connectivity index (χ0n) is 11.6. The van der Waals surface area contributed by atoms with Crippen LogP contribution < -0.4 is 15.2 Å². The van der Waals surface area contributed by atoms with Crippen LogP contribution in [0.2, 0.25) is 0 Å². The standard InChI is InChI=1S/C15H18BrNO2S/c1-3-18-12-8-10(11(16)9-13(12)19-4-2)15(17)14-6-5-7-20-14/h5-9,15H,3-4,17H2,1-2H3. The van der Waals surface area contributed by atoms with Gasteiger partial charge in [0.15, 0.2) is 11.5 Å². The fourth-order valence-electron chi connectivity index (χ4n) is 1.95. The number of benzene rings is 1. The molecule has 0 aliphatic heterocycles. The maximum absolute atomic E-state index is 6.33. The Kier molecular flexibility index (Phi) is 5.46. The lowest BCUT2D eigenvalue weighted by molar-refractivity contribution is 0.287. The molecule has 2 N–H and O–H groups in total. The molecule has 0 spiro atoms. The molecule has 0 aliphatic carbocycles. The van der Waals surface area contributed by atoms with E-state index in [-0.39, 0.29) is 6.04 Å². The number of rotatable bonds is 6. The molecular formula is C15H18BrNO2S. The first-order valence-electron chi connectivity index (χ1n) is 6.55. The Balaban J connectivity index is 2.40. The van der Waals surface area contributed by atoms with E-state index in [4.69, 9.17) is 15.2 Å². The van der Waals surface area contributed by atoms with Crippen LogP contribution in [0.25, 0.3) is 0 Å². The molecule has 0 radical (unpaired) electrons.